The highest BCUT2D eigenvalue weighted by Crippen LogP contribution is 2.41. The largest absolute Gasteiger partial charge is 0.507 e. The summed E-state index contributed by atoms with van der Waals surface area (Å²) in [6.45, 7) is 0. The fourth-order valence-corrected chi connectivity index (χ4v) is 9.27. The quantitative estimate of drug-likeness (QED) is 0.132. The number of hydrogen-bond donors (Lipinski definition) is 1. The van der Waals surface area contributed by atoms with Gasteiger partial charge in [-0.25, -0.2) is 9.97 Å². The van der Waals surface area contributed by atoms with Crippen LogP contribution in [0, 0.1) is 0 Å². The normalized spacial score (nSPS) is 11.2. The molecule has 0 atom stereocenters. The molecule has 2 heterocycles. The lowest BCUT2D eigenvalue weighted by molar-refractivity contribution is 0.0980. The second-order valence-electron chi connectivity index (χ2n) is 16.9. The fourth-order valence-electron chi connectivity index (χ4n) is 9.27. The molecular weight excluding hydrogens is 817 g/mol. The van der Waals surface area contributed by atoms with E-state index >= 15 is 0 Å². The van der Waals surface area contributed by atoms with Gasteiger partial charge in [0.05, 0.1) is 28.0 Å². The van der Waals surface area contributed by atoms with E-state index in [4.69, 9.17) is 9.97 Å². The van der Waals surface area contributed by atoms with E-state index in [2.05, 4.69) is 182 Å². The zero-order chi connectivity index (χ0) is 45.1. The minimum Gasteiger partial charge on any atom is -0.507 e. The Labute approximate surface area is 390 Å². The second-order valence-corrected chi connectivity index (χ2v) is 16.9. The standard InChI is InChI=1S/C63H44N2O2/c66-62-24-12-9-21-57(62)63(67)38-35-42-13-1-4-16-52(42)49-39-50(55-19-7-5-17-53(55)43-25-29-47(30-26-43)60-36-33-45-14-2-10-22-58(45)64-60)41-51(40-49)56-20-8-6-18-54(56)44-27-31-48(32-28-44)61-37-34-46-15-3-11-23-59(46)65-61/h1-34,36-37,39-41,66H,35,38H2. The average Bonchev–Trinajstić information content (AvgIpc) is 3.40. The molecule has 67 heavy (non-hydrogen) atoms. The number of para-hydroxylation sites is 3. The van der Waals surface area contributed by atoms with Crippen LogP contribution in [-0.4, -0.2) is 20.9 Å². The Morgan fingerprint density at radius 3 is 1.25 bits per heavy atom. The van der Waals surface area contributed by atoms with Crippen molar-refractivity contribution in [2.75, 3.05) is 0 Å². The third-order valence-electron chi connectivity index (χ3n) is 12.7. The van der Waals surface area contributed by atoms with Crippen molar-refractivity contribution in [1.82, 2.24) is 9.97 Å². The summed E-state index contributed by atoms with van der Waals surface area (Å²) in [5, 5.41) is 12.7. The fraction of sp³-hybridized carbons (Fsp3) is 0.0317. The summed E-state index contributed by atoms with van der Waals surface area (Å²) in [7, 11) is 0. The Balaban J connectivity index is 1.00. The van der Waals surface area contributed by atoms with Gasteiger partial charge in [-0.15, -0.1) is 0 Å². The van der Waals surface area contributed by atoms with Crippen LogP contribution < -0.4 is 0 Å². The van der Waals surface area contributed by atoms with Crippen molar-refractivity contribution in [2.45, 2.75) is 12.8 Å². The number of fused-ring (bicyclic) bond motifs is 2. The molecule has 0 saturated heterocycles. The monoisotopic (exact) mass is 860 g/mol. The SMILES string of the molecule is O=C(CCc1ccccc1-c1cc(-c2ccccc2-c2ccc(-c3ccc4ccccc4n3)cc2)cc(-c2ccccc2-c2ccc(-c3ccc4ccccc4n3)cc2)c1)c1ccccc1O. The summed E-state index contributed by atoms with van der Waals surface area (Å²) in [5.41, 5.74) is 18.3. The van der Waals surface area contributed by atoms with Gasteiger partial charge in [-0.1, -0.05) is 182 Å². The Kier molecular flexibility index (Phi) is 11.0. The van der Waals surface area contributed by atoms with E-state index in [0.717, 1.165) is 106 Å². The summed E-state index contributed by atoms with van der Waals surface area (Å²) in [5.74, 6) is -0.0783. The highest BCUT2D eigenvalue weighted by molar-refractivity contribution is 5.99. The summed E-state index contributed by atoms with van der Waals surface area (Å²) < 4.78 is 0. The van der Waals surface area contributed by atoms with Crippen molar-refractivity contribution in [3.8, 4) is 83.9 Å². The summed E-state index contributed by atoms with van der Waals surface area (Å²) in [6, 6.07) is 81.5. The number of benzene rings is 9. The van der Waals surface area contributed by atoms with Crippen LogP contribution in [0.15, 0.2) is 237 Å². The minimum atomic E-state index is -0.0879. The highest BCUT2D eigenvalue weighted by Gasteiger charge is 2.18. The maximum Gasteiger partial charge on any atom is 0.166 e. The van der Waals surface area contributed by atoms with Crippen LogP contribution in [0.2, 0.25) is 0 Å². The molecule has 0 amide bonds. The van der Waals surface area contributed by atoms with Gasteiger partial charge in [0.25, 0.3) is 0 Å². The molecule has 0 unspecified atom stereocenters. The molecule has 2 aromatic heterocycles. The zero-order valence-corrected chi connectivity index (χ0v) is 36.7. The number of hydrogen-bond acceptors (Lipinski definition) is 4. The van der Waals surface area contributed by atoms with Gasteiger partial charge in [0.1, 0.15) is 5.75 Å². The zero-order valence-electron chi connectivity index (χ0n) is 36.7. The molecule has 0 aliphatic rings. The van der Waals surface area contributed by atoms with Crippen molar-refractivity contribution in [2.24, 2.45) is 0 Å². The number of carbonyl (C=O) groups is 1. The first kappa shape index (κ1) is 41.0. The van der Waals surface area contributed by atoms with E-state index in [1.54, 1.807) is 24.3 Å². The lowest BCUT2D eigenvalue weighted by atomic mass is 9.86. The lowest BCUT2D eigenvalue weighted by Crippen LogP contribution is -2.02. The topological polar surface area (TPSA) is 63.1 Å². The van der Waals surface area contributed by atoms with Crippen molar-refractivity contribution in [3.63, 3.8) is 0 Å². The molecule has 0 saturated carbocycles. The molecular formula is C63H44N2O2. The number of ketones is 1. The van der Waals surface area contributed by atoms with E-state index < -0.39 is 0 Å². The van der Waals surface area contributed by atoms with Crippen LogP contribution in [0.25, 0.3) is 100.0 Å². The van der Waals surface area contributed by atoms with Gasteiger partial charge < -0.3 is 5.11 Å². The summed E-state index contributed by atoms with van der Waals surface area (Å²) in [6.07, 6.45) is 0.787. The van der Waals surface area contributed by atoms with Crippen LogP contribution in [0.5, 0.6) is 5.75 Å². The smallest absolute Gasteiger partial charge is 0.166 e. The first-order valence-corrected chi connectivity index (χ1v) is 22.7. The van der Waals surface area contributed by atoms with Gasteiger partial charge in [0.15, 0.2) is 5.78 Å². The lowest BCUT2D eigenvalue weighted by Gasteiger charge is -2.18. The molecule has 318 valence electrons. The first-order valence-electron chi connectivity index (χ1n) is 22.7. The predicted octanol–water partition coefficient (Wildman–Crippen LogP) is 16.0. The Morgan fingerprint density at radius 1 is 0.358 bits per heavy atom. The van der Waals surface area contributed by atoms with Crippen LogP contribution in [0.3, 0.4) is 0 Å². The molecule has 0 aliphatic heterocycles. The van der Waals surface area contributed by atoms with E-state index in [1.807, 2.05) is 30.3 Å². The van der Waals surface area contributed by atoms with Crippen molar-refractivity contribution in [3.05, 3.63) is 248 Å². The Bertz CT molecular complexity index is 3430. The molecule has 9 aromatic carbocycles. The number of aromatic nitrogens is 2. The van der Waals surface area contributed by atoms with E-state index in [-0.39, 0.29) is 18.0 Å². The van der Waals surface area contributed by atoms with Crippen LogP contribution >= 0.6 is 0 Å². The maximum absolute atomic E-state index is 13.4. The molecule has 0 fully saturated rings. The number of aryl methyl sites for hydroxylation is 1. The maximum atomic E-state index is 13.4. The molecule has 11 aromatic rings. The minimum absolute atomic E-state index is 0.00967. The molecule has 4 nitrogen and oxygen atoms in total. The predicted molar refractivity (Wildman–Crippen MR) is 276 cm³/mol. The molecule has 4 heteroatoms. The van der Waals surface area contributed by atoms with Crippen LogP contribution in [0.1, 0.15) is 22.3 Å². The van der Waals surface area contributed by atoms with Gasteiger partial charge in [-0.3, -0.25) is 4.79 Å². The molecule has 0 spiro atoms. The molecule has 0 bridgehead atoms. The molecule has 0 aliphatic carbocycles. The van der Waals surface area contributed by atoms with Gasteiger partial charge in [-0.05, 0) is 122 Å². The van der Waals surface area contributed by atoms with E-state index in [0.29, 0.717) is 12.0 Å². The van der Waals surface area contributed by atoms with Crippen LogP contribution in [0.4, 0.5) is 0 Å². The second kappa shape index (κ2) is 18.0. The third-order valence-corrected chi connectivity index (χ3v) is 12.7. The number of phenols is 1. The van der Waals surface area contributed by atoms with E-state index in [1.165, 1.54) is 0 Å². The van der Waals surface area contributed by atoms with Crippen molar-refractivity contribution >= 4 is 27.6 Å². The number of carbonyl (C=O) groups excluding carboxylic acids is 1. The van der Waals surface area contributed by atoms with Gasteiger partial charge >= 0.3 is 0 Å². The number of aromatic hydroxyl groups is 1. The summed E-state index contributed by atoms with van der Waals surface area (Å²) >= 11 is 0. The van der Waals surface area contributed by atoms with Crippen molar-refractivity contribution < 1.29 is 9.90 Å². The average molecular weight is 861 g/mol. The highest BCUT2D eigenvalue weighted by atomic mass is 16.3. The molecule has 11 rings (SSSR count). The number of rotatable bonds is 11. The number of nitrogens with zero attached hydrogens (tertiary/aromatic N) is 2. The van der Waals surface area contributed by atoms with Crippen molar-refractivity contribution in [1.29, 1.82) is 0 Å². The van der Waals surface area contributed by atoms with Gasteiger partial charge in [-0.2, -0.15) is 0 Å². The number of pyridine rings is 2. The van der Waals surface area contributed by atoms with Gasteiger partial charge in [0, 0.05) is 28.3 Å². The third kappa shape index (κ3) is 8.41. The van der Waals surface area contributed by atoms with Crippen LogP contribution in [-0.2, 0) is 6.42 Å². The molecule has 0 radical (unpaired) electrons. The number of Topliss-reactive ketones (excluding diaryl/α,β-unsaturated/α-hetero) is 1. The number of phenolic OH excluding ortho intramolecular Hbond substituents is 1. The Hall–Kier alpha value is -8.73. The summed E-state index contributed by atoms with van der Waals surface area (Å²) in [4.78, 5) is 23.4. The van der Waals surface area contributed by atoms with E-state index in [9.17, 15) is 9.90 Å². The molecule has 1 N–H and O–H groups in total. The first-order chi connectivity index (χ1) is 33.0. The Morgan fingerprint density at radius 2 is 0.746 bits per heavy atom. The van der Waals surface area contributed by atoms with Gasteiger partial charge in [0.2, 0.25) is 0 Å².